The number of halogens is 6. The molecule has 0 saturated carbocycles. The summed E-state index contributed by atoms with van der Waals surface area (Å²) >= 11 is 12.4. The number of alkyl halides is 3. The summed E-state index contributed by atoms with van der Waals surface area (Å²) in [6.07, 6.45) is -4.78. The van der Waals surface area contributed by atoms with Gasteiger partial charge in [-0.3, -0.25) is 9.69 Å². The number of nitrogens with zero attached hydrogens (tertiary/aromatic N) is 2. The number of amides is 1. The van der Waals surface area contributed by atoms with Crippen LogP contribution in [-0.2, 0) is 12.7 Å². The summed E-state index contributed by atoms with van der Waals surface area (Å²) in [6, 6.07) is 12.8. The number of ether oxygens (including phenoxy) is 2. The third-order valence-electron chi connectivity index (χ3n) is 6.88. The van der Waals surface area contributed by atoms with E-state index in [1.807, 2.05) is 11.0 Å². The molecule has 0 bridgehead atoms. The highest BCUT2D eigenvalue weighted by molar-refractivity contribution is 6.42. The molecule has 3 aromatic rings. The fraction of sp³-hybridized carbons (Fsp3) is 0.321. The molecule has 0 radical (unpaired) electrons. The van der Waals surface area contributed by atoms with E-state index < -0.39 is 17.6 Å². The second-order valence-corrected chi connectivity index (χ2v) is 10.2. The zero-order chi connectivity index (χ0) is 28.5. The average molecular weight is 585 g/mol. The van der Waals surface area contributed by atoms with Crippen LogP contribution in [-0.4, -0.2) is 56.1 Å². The molecular formula is C28H26Cl2F4N2O3. The number of benzene rings is 3. The summed E-state index contributed by atoms with van der Waals surface area (Å²) in [5.74, 6) is -0.842. The predicted octanol–water partition coefficient (Wildman–Crippen LogP) is 6.91. The Morgan fingerprint density at radius 2 is 1.64 bits per heavy atom. The summed E-state index contributed by atoms with van der Waals surface area (Å²) in [7, 11) is 4.77. The zero-order valence-corrected chi connectivity index (χ0v) is 22.9. The number of hydrogen-bond acceptors (Lipinski definition) is 4. The molecule has 1 heterocycles. The van der Waals surface area contributed by atoms with E-state index in [-0.39, 0.29) is 24.4 Å². The minimum absolute atomic E-state index is 0.159. The van der Waals surface area contributed by atoms with E-state index in [1.54, 1.807) is 42.3 Å². The smallest absolute Gasteiger partial charge is 0.419 e. The lowest BCUT2D eigenvalue weighted by molar-refractivity contribution is -0.140. The molecule has 1 aliphatic heterocycles. The summed E-state index contributed by atoms with van der Waals surface area (Å²) in [5, 5.41) is 0.752. The van der Waals surface area contributed by atoms with Gasteiger partial charge in [-0.2, -0.15) is 13.2 Å². The van der Waals surface area contributed by atoms with E-state index >= 15 is 0 Å². The van der Waals surface area contributed by atoms with Crippen LogP contribution in [0.4, 0.5) is 17.6 Å². The highest BCUT2D eigenvalue weighted by Gasteiger charge is 2.39. The Morgan fingerprint density at radius 3 is 2.21 bits per heavy atom. The van der Waals surface area contributed by atoms with Crippen molar-refractivity contribution in [1.29, 1.82) is 0 Å². The molecule has 0 spiro atoms. The Morgan fingerprint density at radius 1 is 0.974 bits per heavy atom. The van der Waals surface area contributed by atoms with Crippen molar-refractivity contribution in [2.24, 2.45) is 0 Å². The predicted molar refractivity (Wildman–Crippen MR) is 141 cm³/mol. The van der Waals surface area contributed by atoms with Gasteiger partial charge in [0.2, 0.25) is 0 Å². The quantitative estimate of drug-likeness (QED) is 0.283. The third-order valence-corrected chi connectivity index (χ3v) is 7.62. The van der Waals surface area contributed by atoms with E-state index in [0.29, 0.717) is 45.8 Å². The van der Waals surface area contributed by atoms with Crippen LogP contribution in [0, 0.1) is 5.82 Å². The molecule has 1 amide bonds. The molecule has 1 saturated heterocycles. The number of likely N-dealkylation sites (N-methyl/N-ethyl adjacent to an activating group) is 1. The number of likely N-dealkylation sites (tertiary alicyclic amines) is 1. The van der Waals surface area contributed by atoms with Gasteiger partial charge in [0.05, 0.1) is 29.8 Å². The van der Waals surface area contributed by atoms with Crippen LogP contribution in [0.5, 0.6) is 11.5 Å². The van der Waals surface area contributed by atoms with Crippen LogP contribution in [0.2, 0.25) is 10.0 Å². The molecule has 0 aliphatic carbocycles. The summed E-state index contributed by atoms with van der Waals surface area (Å²) in [6.45, 7) is 0.808. The number of carbonyl (C=O) groups is 1. The molecule has 0 aromatic heterocycles. The van der Waals surface area contributed by atoms with Crippen molar-refractivity contribution in [2.75, 3.05) is 34.4 Å². The van der Waals surface area contributed by atoms with Crippen LogP contribution in [0.25, 0.3) is 0 Å². The highest BCUT2D eigenvalue weighted by atomic mass is 35.5. The van der Waals surface area contributed by atoms with Crippen LogP contribution in [0.1, 0.15) is 33.0 Å². The van der Waals surface area contributed by atoms with Crippen molar-refractivity contribution in [1.82, 2.24) is 9.80 Å². The Bertz CT molecular complexity index is 1350. The number of hydrogen-bond donors (Lipinski definition) is 0. The highest BCUT2D eigenvalue weighted by Crippen LogP contribution is 2.36. The topological polar surface area (TPSA) is 42.0 Å². The molecule has 208 valence electrons. The molecule has 2 atom stereocenters. The van der Waals surface area contributed by atoms with Crippen molar-refractivity contribution < 1.29 is 31.8 Å². The molecule has 11 heteroatoms. The lowest BCUT2D eigenvalue weighted by atomic mass is 9.93. The molecule has 1 aliphatic rings. The van der Waals surface area contributed by atoms with Gasteiger partial charge in [-0.25, -0.2) is 4.39 Å². The van der Waals surface area contributed by atoms with Crippen molar-refractivity contribution in [3.63, 3.8) is 0 Å². The van der Waals surface area contributed by atoms with E-state index in [4.69, 9.17) is 32.7 Å². The summed E-state index contributed by atoms with van der Waals surface area (Å²) in [4.78, 5) is 17.2. The zero-order valence-electron chi connectivity index (χ0n) is 21.4. The van der Waals surface area contributed by atoms with Gasteiger partial charge in [0.15, 0.2) is 0 Å². The summed E-state index contributed by atoms with van der Waals surface area (Å²) in [5.41, 5.74) is 0.290. The van der Waals surface area contributed by atoms with Crippen molar-refractivity contribution in [3.05, 3.63) is 92.7 Å². The van der Waals surface area contributed by atoms with Crippen LogP contribution < -0.4 is 9.47 Å². The molecule has 5 nitrogen and oxygen atoms in total. The molecule has 0 N–H and O–H groups in total. The first-order valence-electron chi connectivity index (χ1n) is 11.9. The van der Waals surface area contributed by atoms with E-state index in [9.17, 15) is 22.4 Å². The third kappa shape index (κ3) is 6.42. The van der Waals surface area contributed by atoms with Crippen molar-refractivity contribution in [3.8, 4) is 11.5 Å². The molecule has 3 aromatic carbocycles. The lowest BCUT2D eigenvalue weighted by Crippen LogP contribution is -2.38. The van der Waals surface area contributed by atoms with E-state index in [1.165, 1.54) is 20.3 Å². The Kier molecular flexibility index (Phi) is 8.63. The van der Waals surface area contributed by atoms with Gasteiger partial charge in [-0.15, -0.1) is 0 Å². The van der Waals surface area contributed by atoms with E-state index in [0.717, 1.165) is 17.7 Å². The van der Waals surface area contributed by atoms with Gasteiger partial charge in [-0.1, -0.05) is 35.3 Å². The first-order valence-corrected chi connectivity index (χ1v) is 12.7. The minimum atomic E-state index is -4.78. The van der Waals surface area contributed by atoms with Gasteiger partial charge in [-0.05, 0) is 54.6 Å². The van der Waals surface area contributed by atoms with Crippen molar-refractivity contribution >= 4 is 29.1 Å². The van der Waals surface area contributed by atoms with Gasteiger partial charge >= 0.3 is 6.18 Å². The molecule has 0 unspecified atom stereocenters. The maximum Gasteiger partial charge on any atom is 0.419 e. The second kappa shape index (κ2) is 11.6. The maximum atomic E-state index is 14.2. The Labute approximate surface area is 233 Å². The van der Waals surface area contributed by atoms with Crippen LogP contribution in [0.15, 0.2) is 54.6 Å². The number of rotatable bonds is 7. The average Bonchev–Trinajstić information content (AvgIpc) is 3.34. The standard InChI is InChI=1S/C28H26Cl2F4N2O3/c1-35(13-16-4-6-22(25(31)8-16)28(32,33)34)26-15-36(14-21(26)17-5-7-23(29)24(30)11-17)27(37)18-9-19(38-2)12-20(10-18)39-3/h4-12,21,26H,13-15H2,1-3H3/t21-,26+/m1/s1. The number of carbonyl (C=O) groups excluding carboxylic acids is 1. The van der Waals surface area contributed by atoms with Crippen LogP contribution >= 0.6 is 23.2 Å². The fourth-order valence-electron chi connectivity index (χ4n) is 4.88. The molecule has 1 fully saturated rings. The first-order chi connectivity index (χ1) is 18.4. The van der Waals surface area contributed by atoms with Gasteiger partial charge in [0.25, 0.3) is 5.91 Å². The molecule has 39 heavy (non-hydrogen) atoms. The first kappa shape index (κ1) is 29.0. The second-order valence-electron chi connectivity index (χ2n) is 9.39. The normalized spacial score (nSPS) is 17.5. The SMILES string of the molecule is COc1cc(OC)cc(C(=O)N2C[C@H](c3ccc(Cl)c(Cl)c3)[C@@H](N(C)Cc3ccc(C(F)(F)F)c(F)c3)C2)c1. The van der Waals surface area contributed by atoms with Crippen LogP contribution in [0.3, 0.4) is 0 Å². The maximum absolute atomic E-state index is 14.2. The molecular weight excluding hydrogens is 559 g/mol. The number of methoxy groups -OCH3 is 2. The lowest BCUT2D eigenvalue weighted by Gasteiger charge is -2.29. The fourth-order valence-corrected chi connectivity index (χ4v) is 5.18. The monoisotopic (exact) mass is 584 g/mol. The van der Waals surface area contributed by atoms with Gasteiger partial charge in [0, 0.05) is 43.2 Å². The largest absolute Gasteiger partial charge is 0.497 e. The summed E-state index contributed by atoms with van der Waals surface area (Å²) < 4.78 is 63.9. The minimum Gasteiger partial charge on any atom is -0.497 e. The van der Waals surface area contributed by atoms with Gasteiger partial charge < -0.3 is 14.4 Å². The van der Waals surface area contributed by atoms with Gasteiger partial charge in [0.1, 0.15) is 17.3 Å². The Balaban J connectivity index is 1.64. The van der Waals surface area contributed by atoms with Crippen molar-refractivity contribution in [2.45, 2.75) is 24.7 Å². The van der Waals surface area contributed by atoms with E-state index in [2.05, 4.69) is 0 Å². The molecule has 4 rings (SSSR count). The Hall–Kier alpha value is -3.01.